The molecule has 0 atom stereocenters. The number of methoxy groups -OCH3 is 2. The molecule has 2 N–H and O–H groups in total. The number of esters is 3. The predicted molar refractivity (Wildman–Crippen MR) is 120 cm³/mol. The summed E-state index contributed by atoms with van der Waals surface area (Å²) in [5.41, 5.74) is 0.366. The van der Waals surface area contributed by atoms with Gasteiger partial charge in [0, 0.05) is 16.7 Å². The molecule has 0 radical (unpaired) electrons. The van der Waals surface area contributed by atoms with Crippen LogP contribution in [0.25, 0.3) is 0 Å². The van der Waals surface area contributed by atoms with Gasteiger partial charge in [0.15, 0.2) is 5.60 Å². The minimum Gasteiger partial charge on any atom is -0.507 e. The highest BCUT2D eigenvalue weighted by Gasteiger charge is 2.49. The van der Waals surface area contributed by atoms with Crippen LogP contribution in [0.15, 0.2) is 48.5 Å². The van der Waals surface area contributed by atoms with E-state index in [0.29, 0.717) is 33.4 Å². The number of phenolic OH excluding ortho intramolecular Hbond substituents is 2. The van der Waals surface area contributed by atoms with Crippen LogP contribution in [0.3, 0.4) is 0 Å². The Morgan fingerprint density at radius 2 is 1.29 bits per heavy atom. The number of rotatable bonds is 4. The average Bonchev–Trinajstić information content (AvgIpc) is 3.14. The van der Waals surface area contributed by atoms with Crippen LogP contribution in [0.5, 0.6) is 11.5 Å². The first-order valence-corrected chi connectivity index (χ1v) is 10.3. The number of ether oxygens (including phenoxy) is 3. The Kier molecular flexibility index (Phi) is 5.53. The summed E-state index contributed by atoms with van der Waals surface area (Å²) in [6.45, 7) is 3.20. The summed E-state index contributed by atoms with van der Waals surface area (Å²) in [4.78, 5) is 37.8. The second-order valence-corrected chi connectivity index (χ2v) is 7.98. The zero-order chi connectivity index (χ0) is 24.8. The van der Waals surface area contributed by atoms with E-state index in [1.165, 1.54) is 26.4 Å². The highest BCUT2D eigenvalue weighted by Crippen LogP contribution is 2.49. The zero-order valence-corrected chi connectivity index (χ0v) is 19.0. The minimum absolute atomic E-state index is 0.110. The van der Waals surface area contributed by atoms with Crippen molar-refractivity contribution < 1.29 is 38.8 Å². The molecule has 1 heterocycles. The van der Waals surface area contributed by atoms with Crippen LogP contribution < -0.4 is 0 Å². The summed E-state index contributed by atoms with van der Waals surface area (Å²) in [5.74, 6) is -2.67. The second-order valence-electron chi connectivity index (χ2n) is 7.98. The molecule has 4 rings (SSSR count). The maximum atomic E-state index is 13.0. The first kappa shape index (κ1) is 22.8. The fourth-order valence-corrected chi connectivity index (χ4v) is 4.31. The van der Waals surface area contributed by atoms with Crippen molar-refractivity contribution in [2.75, 3.05) is 14.2 Å². The van der Waals surface area contributed by atoms with Gasteiger partial charge in [-0.1, -0.05) is 18.2 Å². The molecule has 0 fully saturated rings. The van der Waals surface area contributed by atoms with E-state index in [0.717, 1.165) is 0 Å². The lowest BCUT2D eigenvalue weighted by atomic mass is 9.77. The number of cyclic esters (lactones) is 1. The van der Waals surface area contributed by atoms with Gasteiger partial charge in [-0.05, 0) is 55.3 Å². The van der Waals surface area contributed by atoms with Crippen molar-refractivity contribution in [2.24, 2.45) is 0 Å². The SMILES string of the molecule is COC(=O)c1cc(C2(c3cc(C)c(O)c(C(=O)OC)c3)OC(=O)c3ccccc32)cc(C)c1O. The number of carbonyl (C=O) groups is 3. The Morgan fingerprint density at radius 3 is 1.76 bits per heavy atom. The minimum atomic E-state index is -1.59. The fourth-order valence-electron chi connectivity index (χ4n) is 4.31. The number of aromatic hydroxyl groups is 2. The number of aryl methyl sites for hydroxylation is 2. The van der Waals surface area contributed by atoms with Gasteiger partial charge in [-0.15, -0.1) is 0 Å². The number of carbonyl (C=O) groups excluding carboxylic acids is 3. The Labute approximate surface area is 195 Å². The highest BCUT2D eigenvalue weighted by atomic mass is 16.6. The lowest BCUT2D eigenvalue weighted by Gasteiger charge is -2.32. The molecular weight excluding hydrogens is 440 g/mol. The Balaban J connectivity index is 2.13. The monoisotopic (exact) mass is 462 g/mol. The average molecular weight is 462 g/mol. The smallest absolute Gasteiger partial charge is 0.341 e. The van der Waals surface area contributed by atoms with Crippen molar-refractivity contribution >= 4 is 17.9 Å². The van der Waals surface area contributed by atoms with E-state index in [1.807, 2.05) is 0 Å². The molecule has 0 amide bonds. The maximum absolute atomic E-state index is 13.0. The normalized spacial score (nSPS) is 13.7. The van der Waals surface area contributed by atoms with Crippen molar-refractivity contribution in [2.45, 2.75) is 19.4 Å². The fraction of sp³-hybridized carbons (Fsp3) is 0.192. The molecule has 0 unspecified atom stereocenters. The summed E-state index contributed by atoms with van der Waals surface area (Å²) in [6.07, 6.45) is 0. The molecule has 0 saturated carbocycles. The van der Waals surface area contributed by atoms with Crippen molar-refractivity contribution in [3.63, 3.8) is 0 Å². The van der Waals surface area contributed by atoms with E-state index in [1.54, 1.807) is 50.2 Å². The van der Waals surface area contributed by atoms with E-state index in [-0.39, 0.29) is 22.6 Å². The van der Waals surface area contributed by atoms with Gasteiger partial charge in [-0.2, -0.15) is 0 Å². The van der Waals surface area contributed by atoms with Gasteiger partial charge in [0.25, 0.3) is 0 Å². The van der Waals surface area contributed by atoms with E-state index >= 15 is 0 Å². The third-order valence-corrected chi connectivity index (χ3v) is 6.00. The molecule has 0 aliphatic carbocycles. The molecule has 174 valence electrons. The van der Waals surface area contributed by atoms with Crippen LogP contribution in [0.2, 0.25) is 0 Å². The molecule has 34 heavy (non-hydrogen) atoms. The molecule has 0 spiro atoms. The van der Waals surface area contributed by atoms with E-state index in [9.17, 15) is 24.6 Å². The molecule has 0 aromatic heterocycles. The zero-order valence-electron chi connectivity index (χ0n) is 19.0. The van der Waals surface area contributed by atoms with Crippen LogP contribution in [-0.2, 0) is 19.8 Å². The van der Waals surface area contributed by atoms with Gasteiger partial charge < -0.3 is 24.4 Å². The Bertz CT molecular complexity index is 1280. The summed E-state index contributed by atoms with van der Waals surface area (Å²) in [7, 11) is 2.38. The molecule has 0 saturated heterocycles. The summed E-state index contributed by atoms with van der Waals surface area (Å²) < 4.78 is 15.6. The van der Waals surface area contributed by atoms with Crippen LogP contribution >= 0.6 is 0 Å². The van der Waals surface area contributed by atoms with Crippen LogP contribution in [0.4, 0.5) is 0 Å². The Hall–Kier alpha value is -4.33. The summed E-state index contributed by atoms with van der Waals surface area (Å²) in [5, 5.41) is 21.0. The molecule has 1 aliphatic heterocycles. The molecule has 8 nitrogen and oxygen atoms in total. The first-order chi connectivity index (χ1) is 16.1. The number of hydrogen-bond donors (Lipinski definition) is 2. The Morgan fingerprint density at radius 1 is 0.824 bits per heavy atom. The van der Waals surface area contributed by atoms with E-state index in [2.05, 4.69) is 0 Å². The van der Waals surface area contributed by atoms with Crippen molar-refractivity contribution in [1.29, 1.82) is 0 Å². The lowest BCUT2D eigenvalue weighted by molar-refractivity contribution is 0.0251. The van der Waals surface area contributed by atoms with E-state index < -0.39 is 23.5 Å². The van der Waals surface area contributed by atoms with Gasteiger partial charge in [-0.3, -0.25) is 0 Å². The van der Waals surface area contributed by atoms with Crippen molar-refractivity contribution in [3.8, 4) is 11.5 Å². The lowest BCUT2D eigenvalue weighted by Crippen LogP contribution is -2.30. The molecule has 3 aromatic carbocycles. The molecule has 3 aromatic rings. The van der Waals surface area contributed by atoms with Gasteiger partial charge in [0.1, 0.15) is 22.6 Å². The van der Waals surface area contributed by atoms with Gasteiger partial charge in [0.05, 0.1) is 19.8 Å². The molecule has 8 heteroatoms. The first-order valence-electron chi connectivity index (χ1n) is 10.3. The number of fused-ring (bicyclic) bond motifs is 1. The van der Waals surface area contributed by atoms with Crippen LogP contribution in [-0.4, -0.2) is 42.3 Å². The maximum Gasteiger partial charge on any atom is 0.341 e. The van der Waals surface area contributed by atoms with Crippen LogP contribution in [0.1, 0.15) is 58.9 Å². The molecular formula is C26H22O8. The molecule has 1 aliphatic rings. The van der Waals surface area contributed by atoms with Gasteiger partial charge in [-0.25, -0.2) is 14.4 Å². The third kappa shape index (κ3) is 3.26. The van der Waals surface area contributed by atoms with Gasteiger partial charge in [0.2, 0.25) is 0 Å². The summed E-state index contributed by atoms with van der Waals surface area (Å²) >= 11 is 0. The second kappa shape index (κ2) is 8.22. The number of phenols is 2. The van der Waals surface area contributed by atoms with Gasteiger partial charge >= 0.3 is 17.9 Å². The standard InChI is InChI=1S/C26H22O8/c1-13-9-15(11-18(21(13)27)23(29)32-3)26(20-8-6-5-7-17(20)25(31)34-26)16-10-14(2)22(28)19(12-16)24(30)33-4/h5-12,27-28H,1-4H3. The quantitative estimate of drug-likeness (QED) is 0.444. The predicted octanol–water partition coefficient (Wildman–Crippen LogP) is 3.75. The molecule has 0 bridgehead atoms. The van der Waals surface area contributed by atoms with Crippen LogP contribution in [0, 0.1) is 13.8 Å². The van der Waals surface area contributed by atoms with Crippen molar-refractivity contribution in [1.82, 2.24) is 0 Å². The largest absolute Gasteiger partial charge is 0.507 e. The third-order valence-electron chi connectivity index (χ3n) is 6.00. The topological polar surface area (TPSA) is 119 Å². The van der Waals surface area contributed by atoms with Crippen molar-refractivity contribution in [3.05, 3.63) is 93.0 Å². The number of hydrogen-bond acceptors (Lipinski definition) is 8. The number of benzene rings is 3. The van der Waals surface area contributed by atoms with E-state index in [4.69, 9.17) is 14.2 Å². The summed E-state index contributed by atoms with van der Waals surface area (Å²) in [6, 6.07) is 12.7. The highest BCUT2D eigenvalue weighted by molar-refractivity contribution is 5.98.